The summed E-state index contributed by atoms with van der Waals surface area (Å²) in [6, 6.07) is 0.184. The van der Waals surface area contributed by atoms with Gasteiger partial charge in [-0.2, -0.15) is 4.31 Å². The zero-order valence-electron chi connectivity index (χ0n) is 9.52. The predicted octanol–water partition coefficient (Wildman–Crippen LogP) is 0.962. The highest BCUT2D eigenvalue weighted by Gasteiger charge is 2.34. The van der Waals surface area contributed by atoms with Gasteiger partial charge in [-0.1, -0.05) is 6.42 Å². The fourth-order valence-corrected chi connectivity index (χ4v) is 3.24. The standard InChI is InChI=1S/C10H21NO3S/c1-9(2)15(13,14)11(7-4-8-12)10-5-3-6-10/h9-10,12H,3-8H2,1-2H3. The normalized spacial score (nSPS) is 18.5. The predicted molar refractivity (Wildman–Crippen MR) is 60.1 cm³/mol. The number of rotatable bonds is 6. The Balaban J connectivity index is 2.70. The van der Waals surface area contributed by atoms with E-state index in [9.17, 15) is 8.42 Å². The molecule has 0 amide bonds. The molecule has 0 bridgehead atoms. The van der Waals surface area contributed by atoms with E-state index in [2.05, 4.69) is 0 Å². The molecule has 0 unspecified atom stereocenters. The van der Waals surface area contributed by atoms with Gasteiger partial charge in [0, 0.05) is 19.2 Å². The van der Waals surface area contributed by atoms with Gasteiger partial charge in [-0.25, -0.2) is 8.42 Å². The first-order chi connectivity index (χ1) is 7.00. The van der Waals surface area contributed by atoms with Crippen molar-refractivity contribution in [2.24, 2.45) is 0 Å². The molecule has 0 aromatic heterocycles. The highest BCUT2D eigenvalue weighted by atomic mass is 32.2. The van der Waals surface area contributed by atoms with Crippen molar-refractivity contribution in [3.8, 4) is 0 Å². The maximum absolute atomic E-state index is 12.0. The largest absolute Gasteiger partial charge is 0.396 e. The lowest BCUT2D eigenvalue weighted by atomic mass is 9.93. The first kappa shape index (κ1) is 12.9. The summed E-state index contributed by atoms with van der Waals surface area (Å²) in [5.41, 5.74) is 0. The van der Waals surface area contributed by atoms with Gasteiger partial charge in [-0.05, 0) is 33.1 Å². The van der Waals surface area contributed by atoms with Gasteiger partial charge in [-0.3, -0.25) is 0 Å². The molecule has 0 atom stereocenters. The first-order valence-electron chi connectivity index (χ1n) is 5.61. The van der Waals surface area contributed by atoms with Crippen LogP contribution < -0.4 is 0 Å². The number of sulfonamides is 1. The molecule has 0 aliphatic heterocycles. The summed E-state index contributed by atoms with van der Waals surface area (Å²) in [5.74, 6) is 0. The Hall–Kier alpha value is -0.130. The second-order valence-corrected chi connectivity index (χ2v) is 6.81. The van der Waals surface area contributed by atoms with Crippen molar-refractivity contribution in [2.75, 3.05) is 13.2 Å². The molecule has 15 heavy (non-hydrogen) atoms. The zero-order valence-corrected chi connectivity index (χ0v) is 10.3. The van der Waals surface area contributed by atoms with Crippen molar-refractivity contribution in [3.63, 3.8) is 0 Å². The molecule has 1 N–H and O–H groups in total. The average Bonchev–Trinajstić information content (AvgIpc) is 2.08. The summed E-state index contributed by atoms with van der Waals surface area (Å²) >= 11 is 0. The topological polar surface area (TPSA) is 57.6 Å². The molecule has 0 radical (unpaired) electrons. The number of nitrogens with zero attached hydrogens (tertiary/aromatic N) is 1. The van der Waals surface area contributed by atoms with Gasteiger partial charge >= 0.3 is 0 Å². The summed E-state index contributed by atoms with van der Waals surface area (Å²) in [5, 5.41) is 8.41. The van der Waals surface area contributed by atoms with Crippen molar-refractivity contribution in [2.45, 2.75) is 50.8 Å². The summed E-state index contributed by atoms with van der Waals surface area (Å²) in [6.45, 7) is 3.93. The first-order valence-corrected chi connectivity index (χ1v) is 7.12. The molecule has 0 spiro atoms. The molecule has 1 aliphatic carbocycles. The second kappa shape index (κ2) is 5.27. The van der Waals surface area contributed by atoms with Crippen LogP contribution >= 0.6 is 0 Å². The van der Waals surface area contributed by atoms with Crippen LogP contribution in [0.25, 0.3) is 0 Å². The maximum atomic E-state index is 12.0. The number of aliphatic hydroxyl groups is 1. The summed E-state index contributed by atoms with van der Waals surface area (Å²) in [6.07, 6.45) is 3.59. The van der Waals surface area contributed by atoms with Crippen molar-refractivity contribution >= 4 is 10.0 Å². The molecule has 4 nitrogen and oxygen atoms in total. The molecule has 0 saturated heterocycles. The highest BCUT2D eigenvalue weighted by molar-refractivity contribution is 7.89. The van der Waals surface area contributed by atoms with Crippen LogP contribution in [0, 0.1) is 0 Å². The SMILES string of the molecule is CC(C)S(=O)(=O)N(CCCO)C1CCC1. The molecule has 1 aliphatic rings. The van der Waals surface area contributed by atoms with Crippen LogP contribution in [0.2, 0.25) is 0 Å². The van der Waals surface area contributed by atoms with Gasteiger partial charge in [-0.15, -0.1) is 0 Å². The van der Waals surface area contributed by atoms with Gasteiger partial charge < -0.3 is 5.11 Å². The van der Waals surface area contributed by atoms with Crippen LogP contribution in [0.4, 0.5) is 0 Å². The lowest BCUT2D eigenvalue weighted by Crippen LogP contribution is -2.47. The molecule has 1 rings (SSSR count). The third-order valence-corrected chi connectivity index (χ3v) is 5.27. The zero-order chi connectivity index (χ0) is 11.5. The smallest absolute Gasteiger partial charge is 0.216 e. The Bertz CT molecular complexity index is 283. The van der Waals surface area contributed by atoms with Gasteiger partial charge in [0.15, 0.2) is 0 Å². The van der Waals surface area contributed by atoms with Crippen molar-refractivity contribution in [1.82, 2.24) is 4.31 Å². The summed E-state index contributed by atoms with van der Waals surface area (Å²) in [4.78, 5) is 0. The Kier molecular flexibility index (Phi) is 4.55. The lowest BCUT2D eigenvalue weighted by Gasteiger charge is -2.37. The molecule has 1 fully saturated rings. The minimum Gasteiger partial charge on any atom is -0.396 e. The van der Waals surface area contributed by atoms with Crippen LogP contribution in [0.5, 0.6) is 0 Å². The maximum Gasteiger partial charge on any atom is 0.216 e. The second-order valence-electron chi connectivity index (χ2n) is 4.37. The molecule has 1 saturated carbocycles. The average molecular weight is 235 g/mol. The van der Waals surface area contributed by atoms with E-state index >= 15 is 0 Å². The van der Waals surface area contributed by atoms with Crippen molar-refractivity contribution < 1.29 is 13.5 Å². The molecular formula is C10H21NO3S. The van der Waals surface area contributed by atoms with Crippen LogP contribution in [0.1, 0.15) is 39.5 Å². The monoisotopic (exact) mass is 235 g/mol. The van der Waals surface area contributed by atoms with E-state index in [1.165, 1.54) is 0 Å². The number of hydrogen-bond acceptors (Lipinski definition) is 3. The third kappa shape index (κ3) is 2.92. The molecule has 0 aromatic rings. The van der Waals surface area contributed by atoms with Crippen molar-refractivity contribution in [3.05, 3.63) is 0 Å². The number of aliphatic hydroxyl groups excluding tert-OH is 1. The molecule has 0 heterocycles. The van der Waals surface area contributed by atoms with Crippen LogP contribution in [0.3, 0.4) is 0 Å². The minimum atomic E-state index is -3.15. The van der Waals surface area contributed by atoms with E-state index in [0.717, 1.165) is 19.3 Å². The summed E-state index contributed by atoms with van der Waals surface area (Å²) in [7, 11) is -3.15. The quantitative estimate of drug-likeness (QED) is 0.746. The molecule has 5 heteroatoms. The van der Waals surface area contributed by atoms with E-state index in [1.807, 2.05) is 0 Å². The Morgan fingerprint density at radius 2 is 2.00 bits per heavy atom. The molecule has 90 valence electrons. The summed E-state index contributed by atoms with van der Waals surface area (Å²) < 4.78 is 25.6. The lowest BCUT2D eigenvalue weighted by molar-refractivity contribution is 0.197. The van der Waals surface area contributed by atoms with Gasteiger partial charge in [0.25, 0.3) is 0 Å². The van der Waals surface area contributed by atoms with E-state index in [-0.39, 0.29) is 17.9 Å². The van der Waals surface area contributed by atoms with Gasteiger partial charge in [0.05, 0.1) is 5.25 Å². The Morgan fingerprint density at radius 1 is 1.40 bits per heavy atom. The fraction of sp³-hybridized carbons (Fsp3) is 1.00. The molecule has 0 aromatic carbocycles. The van der Waals surface area contributed by atoms with E-state index < -0.39 is 10.0 Å². The Labute approximate surface area is 92.3 Å². The van der Waals surface area contributed by atoms with E-state index in [0.29, 0.717) is 13.0 Å². The number of hydrogen-bond donors (Lipinski definition) is 1. The van der Waals surface area contributed by atoms with Crippen LogP contribution in [0.15, 0.2) is 0 Å². The van der Waals surface area contributed by atoms with Gasteiger partial charge in [0.2, 0.25) is 10.0 Å². The fourth-order valence-electron chi connectivity index (χ4n) is 1.69. The van der Waals surface area contributed by atoms with Gasteiger partial charge in [0.1, 0.15) is 0 Å². The van der Waals surface area contributed by atoms with Crippen LogP contribution in [-0.4, -0.2) is 42.3 Å². The minimum absolute atomic E-state index is 0.0524. The van der Waals surface area contributed by atoms with E-state index in [4.69, 9.17) is 5.11 Å². The van der Waals surface area contributed by atoms with Crippen LogP contribution in [-0.2, 0) is 10.0 Å². The van der Waals surface area contributed by atoms with Crippen molar-refractivity contribution in [1.29, 1.82) is 0 Å². The third-order valence-electron chi connectivity index (χ3n) is 2.94. The highest BCUT2D eigenvalue weighted by Crippen LogP contribution is 2.28. The Morgan fingerprint density at radius 3 is 2.33 bits per heavy atom. The van der Waals surface area contributed by atoms with E-state index in [1.54, 1.807) is 18.2 Å². The molecular weight excluding hydrogens is 214 g/mol.